The summed E-state index contributed by atoms with van der Waals surface area (Å²) in [4.78, 5) is 14.2. The maximum absolute atomic E-state index is 12.2. The first kappa shape index (κ1) is 15.7. The van der Waals surface area contributed by atoms with Gasteiger partial charge in [0.05, 0.1) is 18.5 Å². The van der Waals surface area contributed by atoms with E-state index in [4.69, 9.17) is 9.47 Å². The van der Waals surface area contributed by atoms with Crippen LogP contribution in [0, 0.1) is 0 Å². The molecule has 0 aliphatic carbocycles. The lowest BCUT2D eigenvalue weighted by Crippen LogP contribution is -2.30. The minimum Gasteiger partial charge on any atom is -0.493 e. The Kier molecular flexibility index (Phi) is 4.93. The van der Waals surface area contributed by atoms with E-state index in [1.54, 1.807) is 11.8 Å². The van der Waals surface area contributed by atoms with Gasteiger partial charge in [0.2, 0.25) is 5.91 Å². The van der Waals surface area contributed by atoms with Crippen LogP contribution in [0.4, 0.5) is 0 Å². The molecule has 0 saturated carbocycles. The molecular formula is C17H23NO3S. The number of hydrogen-bond donors (Lipinski definition) is 0. The Morgan fingerprint density at radius 3 is 3.14 bits per heavy atom. The number of carbonyl (C=O) groups is 1. The fourth-order valence-electron chi connectivity index (χ4n) is 2.89. The second-order valence-corrected chi connectivity index (χ2v) is 7.06. The van der Waals surface area contributed by atoms with E-state index in [0.717, 1.165) is 31.7 Å². The number of benzene rings is 1. The summed E-state index contributed by atoms with van der Waals surface area (Å²) in [6.07, 6.45) is 2.10. The molecule has 0 bridgehead atoms. The van der Waals surface area contributed by atoms with Gasteiger partial charge in [-0.1, -0.05) is 6.07 Å². The van der Waals surface area contributed by atoms with E-state index in [2.05, 4.69) is 12.1 Å². The van der Waals surface area contributed by atoms with Gasteiger partial charge in [0.15, 0.2) is 0 Å². The minimum atomic E-state index is 0.137. The summed E-state index contributed by atoms with van der Waals surface area (Å²) in [5.74, 6) is 1.80. The van der Waals surface area contributed by atoms with Crippen molar-refractivity contribution in [1.29, 1.82) is 0 Å². The molecule has 3 rings (SSSR count). The van der Waals surface area contributed by atoms with Crippen LogP contribution in [0.5, 0.6) is 5.75 Å². The van der Waals surface area contributed by atoms with Crippen LogP contribution in [0.2, 0.25) is 0 Å². The normalized spacial score (nSPS) is 20.6. The van der Waals surface area contributed by atoms with Crippen LogP contribution in [0.15, 0.2) is 18.2 Å². The van der Waals surface area contributed by atoms with Gasteiger partial charge in [0, 0.05) is 19.6 Å². The SMILES string of the molecule is CC(C)OCCCN1C(=O)CSC1c1ccc2c(c1)CCO2. The molecule has 5 heteroatoms. The van der Waals surface area contributed by atoms with Gasteiger partial charge in [-0.15, -0.1) is 11.8 Å². The first-order valence-corrected chi connectivity index (χ1v) is 8.98. The zero-order chi connectivity index (χ0) is 15.5. The van der Waals surface area contributed by atoms with Gasteiger partial charge in [-0.2, -0.15) is 0 Å². The van der Waals surface area contributed by atoms with Gasteiger partial charge in [-0.25, -0.2) is 0 Å². The maximum Gasteiger partial charge on any atom is 0.233 e. The van der Waals surface area contributed by atoms with Crippen molar-refractivity contribution in [2.75, 3.05) is 25.5 Å². The fourth-order valence-corrected chi connectivity index (χ4v) is 4.09. The molecule has 1 unspecified atom stereocenters. The summed E-state index contributed by atoms with van der Waals surface area (Å²) in [6.45, 7) is 6.30. The average Bonchev–Trinajstić information content (AvgIpc) is 3.09. The summed E-state index contributed by atoms with van der Waals surface area (Å²) >= 11 is 1.72. The molecule has 0 radical (unpaired) electrons. The molecular weight excluding hydrogens is 298 g/mol. The summed E-state index contributed by atoms with van der Waals surface area (Å²) in [5, 5.41) is 0.137. The molecule has 2 aliphatic heterocycles. The van der Waals surface area contributed by atoms with Crippen LogP contribution in [0.25, 0.3) is 0 Å². The van der Waals surface area contributed by atoms with E-state index in [0.29, 0.717) is 12.4 Å². The van der Waals surface area contributed by atoms with Crippen molar-refractivity contribution in [1.82, 2.24) is 4.90 Å². The second kappa shape index (κ2) is 6.92. The van der Waals surface area contributed by atoms with Gasteiger partial charge in [0.25, 0.3) is 0 Å². The maximum atomic E-state index is 12.2. The molecule has 2 heterocycles. The van der Waals surface area contributed by atoms with E-state index in [9.17, 15) is 4.79 Å². The highest BCUT2D eigenvalue weighted by molar-refractivity contribution is 8.00. The Balaban J connectivity index is 1.65. The standard InChI is InChI=1S/C17H23NO3S/c1-12(2)20-8-3-7-18-16(19)11-22-17(18)14-4-5-15-13(10-14)6-9-21-15/h4-5,10,12,17H,3,6-9,11H2,1-2H3. The van der Waals surface area contributed by atoms with Crippen LogP contribution >= 0.6 is 11.8 Å². The van der Waals surface area contributed by atoms with E-state index in [1.165, 1.54) is 11.1 Å². The fraction of sp³-hybridized carbons (Fsp3) is 0.588. The number of amides is 1. The zero-order valence-electron chi connectivity index (χ0n) is 13.2. The summed E-state index contributed by atoms with van der Waals surface area (Å²) in [5.41, 5.74) is 2.48. The minimum absolute atomic E-state index is 0.137. The molecule has 1 fully saturated rings. The molecule has 1 aromatic carbocycles. The zero-order valence-corrected chi connectivity index (χ0v) is 14.0. The third-order valence-electron chi connectivity index (χ3n) is 3.96. The Morgan fingerprint density at radius 1 is 1.45 bits per heavy atom. The summed E-state index contributed by atoms with van der Waals surface area (Å²) in [7, 11) is 0. The van der Waals surface area contributed by atoms with E-state index in [-0.39, 0.29) is 17.4 Å². The third-order valence-corrected chi connectivity index (χ3v) is 5.22. The van der Waals surface area contributed by atoms with Crippen molar-refractivity contribution in [3.63, 3.8) is 0 Å². The van der Waals surface area contributed by atoms with Crippen molar-refractivity contribution in [2.45, 2.75) is 38.2 Å². The highest BCUT2D eigenvalue weighted by atomic mass is 32.2. The molecule has 0 aromatic heterocycles. The Bertz CT molecular complexity index is 547. The van der Waals surface area contributed by atoms with Crippen molar-refractivity contribution in [3.05, 3.63) is 29.3 Å². The first-order valence-electron chi connectivity index (χ1n) is 7.93. The van der Waals surface area contributed by atoms with Crippen LogP contribution in [0.3, 0.4) is 0 Å². The lowest BCUT2D eigenvalue weighted by molar-refractivity contribution is -0.128. The van der Waals surface area contributed by atoms with Gasteiger partial charge < -0.3 is 14.4 Å². The van der Waals surface area contributed by atoms with Crippen molar-refractivity contribution in [3.8, 4) is 5.75 Å². The Labute approximate surface area is 136 Å². The van der Waals surface area contributed by atoms with Crippen molar-refractivity contribution < 1.29 is 14.3 Å². The molecule has 22 heavy (non-hydrogen) atoms. The van der Waals surface area contributed by atoms with Crippen LogP contribution in [-0.2, 0) is 16.0 Å². The predicted octanol–water partition coefficient (Wildman–Crippen LogP) is 3.01. The number of carbonyl (C=O) groups excluding carboxylic acids is 1. The highest BCUT2D eigenvalue weighted by Gasteiger charge is 2.32. The summed E-state index contributed by atoms with van der Waals surface area (Å²) < 4.78 is 11.1. The number of hydrogen-bond acceptors (Lipinski definition) is 4. The molecule has 4 nitrogen and oxygen atoms in total. The van der Waals surface area contributed by atoms with Gasteiger partial charge in [-0.05, 0) is 43.5 Å². The molecule has 1 aromatic rings. The van der Waals surface area contributed by atoms with Crippen molar-refractivity contribution >= 4 is 17.7 Å². The number of ether oxygens (including phenoxy) is 2. The molecule has 2 aliphatic rings. The van der Waals surface area contributed by atoms with Crippen molar-refractivity contribution in [2.24, 2.45) is 0 Å². The monoisotopic (exact) mass is 321 g/mol. The average molecular weight is 321 g/mol. The molecule has 1 saturated heterocycles. The molecule has 1 atom stereocenters. The second-order valence-electron chi connectivity index (χ2n) is 5.99. The van der Waals surface area contributed by atoms with E-state index >= 15 is 0 Å². The van der Waals surface area contributed by atoms with Crippen LogP contribution < -0.4 is 4.74 Å². The van der Waals surface area contributed by atoms with E-state index < -0.39 is 0 Å². The lowest BCUT2D eigenvalue weighted by Gasteiger charge is -2.24. The number of rotatable bonds is 6. The quantitative estimate of drug-likeness (QED) is 0.755. The Morgan fingerprint density at radius 2 is 2.32 bits per heavy atom. The topological polar surface area (TPSA) is 38.8 Å². The molecule has 0 N–H and O–H groups in total. The first-order chi connectivity index (χ1) is 10.6. The highest BCUT2D eigenvalue weighted by Crippen LogP contribution is 2.40. The molecule has 120 valence electrons. The van der Waals surface area contributed by atoms with Crippen LogP contribution in [0.1, 0.15) is 36.8 Å². The molecule has 0 spiro atoms. The number of fused-ring (bicyclic) bond motifs is 1. The summed E-state index contributed by atoms with van der Waals surface area (Å²) in [6, 6.07) is 6.34. The number of thioether (sulfide) groups is 1. The number of nitrogens with zero attached hydrogens (tertiary/aromatic N) is 1. The van der Waals surface area contributed by atoms with Gasteiger partial charge in [-0.3, -0.25) is 4.79 Å². The molecule has 1 amide bonds. The predicted molar refractivity (Wildman–Crippen MR) is 88.3 cm³/mol. The third kappa shape index (κ3) is 3.41. The largest absolute Gasteiger partial charge is 0.493 e. The van der Waals surface area contributed by atoms with E-state index in [1.807, 2.05) is 24.8 Å². The van der Waals surface area contributed by atoms with Gasteiger partial charge >= 0.3 is 0 Å². The lowest BCUT2D eigenvalue weighted by atomic mass is 10.1. The van der Waals surface area contributed by atoms with Crippen LogP contribution in [-0.4, -0.2) is 42.4 Å². The van der Waals surface area contributed by atoms with Gasteiger partial charge in [0.1, 0.15) is 11.1 Å². The Hall–Kier alpha value is -1.20. The smallest absolute Gasteiger partial charge is 0.233 e.